The molecule has 1 saturated heterocycles. The topological polar surface area (TPSA) is 41.9 Å². The lowest BCUT2D eigenvalue weighted by Gasteiger charge is -2.36. The van der Waals surface area contributed by atoms with Crippen LogP contribution < -0.4 is 0 Å². The van der Waals surface area contributed by atoms with Crippen LogP contribution in [-0.2, 0) is 9.47 Å². The molecule has 0 spiro atoms. The molecule has 1 heterocycles. The van der Waals surface area contributed by atoms with Crippen molar-refractivity contribution < 1.29 is 14.6 Å². The van der Waals surface area contributed by atoms with Crippen LogP contribution in [0, 0.1) is 0 Å². The minimum atomic E-state index is -0.516. The van der Waals surface area contributed by atoms with Crippen LogP contribution in [0.4, 0.5) is 0 Å². The molecule has 2 atom stereocenters. The molecule has 1 aliphatic heterocycles. The highest BCUT2D eigenvalue weighted by Crippen LogP contribution is 2.32. The maximum absolute atomic E-state index is 10.6. The lowest BCUT2D eigenvalue weighted by molar-refractivity contribution is -0.258. The third kappa shape index (κ3) is 28.1. The molecule has 0 unspecified atom stereocenters. The maximum atomic E-state index is 10.6. The zero-order chi connectivity index (χ0) is 35.5. The summed E-state index contributed by atoms with van der Waals surface area (Å²) in [5.41, 5.74) is 0. The molecule has 0 saturated carbocycles. The van der Waals surface area contributed by atoms with Crippen molar-refractivity contribution in [2.24, 2.45) is 0 Å². The lowest BCUT2D eigenvalue weighted by atomic mass is 9.97. The maximum Gasteiger partial charge on any atom is 0.168 e. The van der Waals surface area contributed by atoms with Crippen molar-refractivity contribution in [3.63, 3.8) is 0 Å². The number of likely N-dealkylation sites (N-methyl/N-ethyl adjacent to an activating group) is 1. The number of rotatable bonds is 33. The molecule has 1 rings (SSSR count). The molecule has 0 amide bonds. The van der Waals surface area contributed by atoms with Crippen molar-refractivity contribution in [1.29, 1.82) is 0 Å². The fourth-order valence-corrected chi connectivity index (χ4v) is 6.98. The molecular weight excluding hydrogens is 602 g/mol. The van der Waals surface area contributed by atoms with E-state index >= 15 is 0 Å². The van der Waals surface area contributed by atoms with Gasteiger partial charge in [0.15, 0.2) is 5.79 Å². The highest BCUT2D eigenvalue weighted by molar-refractivity contribution is 4.93. The van der Waals surface area contributed by atoms with Gasteiger partial charge in [0.25, 0.3) is 0 Å². The van der Waals surface area contributed by atoms with Gasteiger partial charge in [-0.15, -0.1) is 0 Å². The van der Waals surface area contributed by atoms with Gasteiger partial charge in [0.05, 0.1) is 12.2 Å². The Morgan fingerprint density at radius 2 is 1.00 bits per heavy atom. The zero-order valence-corrected chi connectivity index (χ0v) is 33.2. The van der Waals surface area contributed by atoms with Gasteiger partial charge in [-0.25, -0.2) is 0 Å². The number of unbranched alkanes of at least 4 members (excludes halogenated alkanes) is 18. The van der Waals surface area contributed by atoms with E-state index in [1.54, 1.807) is 0 Å². The van der Waals surface area contributed by atoms with E-state index < -0.39 is 5.79 Å². The van der Waals surface area contributed by atoms with Crippen LogP contribution in [0.25, 0.3) is 0 Å². The van der Waals surface area contributed by atoms with Crippen LogP contribution in [0.2, 0.25) is 0 Å². The van der Waals surface area contributed by atoms with Crippen LogP contribution >= 0.6 is 0 Å². The lowest BCUT2D eigenvalue weighted by Crippen LogP contribution is -2.40. The number of methoxy groups -OCH3 is 1. The molecule has 4 nitrogen and oxygen atoms in total. The molecule has 0 aromatic rings. The van der Waals surface area contributed by atoms with Gasteiger partial charge in [-0.05, 0) is 90.5 Å². The number of allylic oxidation sites excluding steroid dienone is 8. The number of likely N-dealkylation sites (tertiary alicyclic amines) is 1. The van der Waals surface area contributed by atoms with Crippen LogP contribution in [0.5, 0.6) is 0 Å². The first kappa shape index (κ1) is 45.8. The summed E-state index contributed by atoms with van der Waals surface area (Å²) in [6, 6.07) is 0. The second-order valence-corrected chi connectivity index (χ2v) is 15.0. The Labute approximate surface area is 306 Å². The van der Waals surface area contributed by atoms with Crippen molar-refractivity contribution >= 4 is 0 Å². The van der Waals surface area contributed by atoms with Crippen LogP contribution in [0.3, 0.4) is 0 Å². The van der Waals surface area contributed by atoms with Crippen molar-refractivity contribution in [3.05, 3.63) is 48.6 Å². The Morgan fingerprint density at radius 1 is 0.592 bits per heavy atom. The SMILES string of the molecule is CCCCC/C=C\C/C=C\CCCCCCCCC(CCCCCCCC/C=C\C/C=C\CCCCC)(OC)O[C@@H]1CCN(C)C[C@@H](O)C1. The first-order chi connectivity index (χ1) is 24.0. The van der Waals surface area contributed by atoms with Gasteiger partial charge < -0.3 is 19.5 Å². The normalized spacial score (nSPS) is 18.2. The second-order valence-electron chi connectivity index (χ2n) is 15.0. The number of hydrogen-bond acceptors (Lipinski definition) is 4. The molecule has 0 bridgehead atoms. The number of ether oxygens (including phenoxy) is 2. The Hall–Kier alpha value is -1.20. The molecule has 0 aromatic heterocycles. The Balaban J connectivity index is 2.32. The summed E-state index contributed by atoms with van der Waals surface area (Å²) in [6.45, 7) is 6.23. The number of aliphatic hydroxyl groups excluding tert-OH is 1. The molecule has 4 heteroatoms. The second kappa shape index (κ2) is 33.9. The summed E-state index contributed by atoms with van der Waals surface area (Å²) in [6.07, 6.45) is 52.4. The highest BCUT2D eigenvalue weighted by atomic mass is 16.7. The van der Waals surface area contributed by atoms with Crippen molar-refractivity contribution in [2.45, 2.75) is 212 Å². The molecule has 0 aromatic carbocycles. The molecule has 49 heavy (non-hydrogen) atoms. The molecule has 1 fully saturated rings. The summed E-state index contributed by atoms with van der Waals surface area (Å²) < 4.78 is 13.1. The molecule has 1 aliphatic rings. The van der Waals surface area contributed by atoms with E-state index in [-0.39, 0.29) is 12.2 Å². The van der Waals surface area contributed by atoms with E-state index in [2.05, 4.69) is 74.4 Å². The van der Waals surface area contributed by atoms with Crippen LogP contribution in [-0.4, -0.2) is 55.2 Å². The third-order valence-corrected chi connectivity index (χ3v) is 10.2. The summed E-state index contributed by atoms with van der Waals surface area (Å²) >= 11 is 0. The highest BCUT2D eigenvalue weighted by Gasteiger charge is 2.35. The van der Waals surface area contributed by atoms with Gasteiger partial charge in [-0.3, -0.25) is 0 Å². The van der Waals surface area contributed by atoms with Crippen molar-refractivity contribution in [3.8, 4) is 0 Å². The minimum absolute atomic E-state index is 0.0640. The van der Waals surface area contributed by atoms with Gasteiger partial charge >= 0.3 is 0 Å². The van der Waals surface area contributed by atoms with E-state index in [4.69, 9.17) is 9.47 Å². The number of aliphatic hydroxyl groups is 1. The summed E-state index contributed by atoms with van der Waals surface area (Å²) in [5, 5.41) is 10.6. The fourth-order valence-electron chi connectivity index (χ4n) is 6.98. The van der Waals surface area contributed by atoms with E-state index in [9.17, 15) is 5.11 Å². The minimum Gasteiger partial charge on any atom is -0.392 e. The smallest absolute Gasteiger partial charge is 0.168 e. The summed E-state index contributed by atoms with van der Waals surface area (Å²) in [7, 11) is 3.95. The molecule has 286 valence electrons. The first-order valence-corrected chi connectivity index (χ1v) is 21.2. The molecule has 0 radical (unpaired) electrons. The van der Waals surface area contributed by atoms with E-state index in [0.717, 1.165) is 58.0 Å². The average molecular weight is 686 g/mol. The summed E-state index contributed by atoms with van der Waals surface area (Å²) in [4.78, 5) is 2.23. The molecule has 0 aliphatic carbocycles. The van der Waals surface area contributed by atoms with E-state index in [0.29, 0.717) is 6.42 Å². The first-order valence-electron chi connectivity index (χ1n) is 21.2. The number of β-amino-alcohol motifs (C(OH)–C–C–N with tert-alkyl or cyclic N) is 1. The summed E-state index contributed by atoms with van der Waals surface area (Å²) in [5.74, 6) is -0.516. The molecular formula is C45H83NO3. The van der Waals surface area contributed by atoms with Crippen molar-refractivity contribution in [2.75, 3.05) is 27.2 Å². The number of hydrogen-bond donors (Lipinski definition) is 1. The average Bonchev–Trinajstić information content (AvgIpc) is 3.26. The van der Waals surface area contributed by atoms with Gasteiger partial charge in [0, 0.05) is 39.5 Å². The predicted octanol–water partition coefficient (Wildman–Crippen LogP) is 13.2. The monoisotopic (exact) mass is 686 g/mol. The van der Waals surface area contributed by atoms with E-state index in [1.165, 1.54) is 128 Å². The Morgan fingerprint density at radius 3 is 1.43 bits per heavy atom. The zero-order valence-electron chi connectivity index (χ0n) is 33.2. The van der Waals surface area contributed by atoms with Crippen molar-refractivity contribution in [1.82, 2.24) is 4.90 Å². The van der Waals surface area contributed by atoms with Gasteiger partial charge in [-0.1, -0.05) is 140 Å². The van der Waals surface area contributed by atoms with Crippen LogP contribution in [0.1, 0.15) is 194 Å². The quantitative estimate of drug-likeness (QED) is 0.0424. The van der Waals surface area contributed by atoms with Crippen LogP contribution in [0.15, 0.2) is 48.6 Å². The van der Waals surface area contributed by atoms with E-state index in [1.807, 2.05) is 7.11 Å². The Kier molecular flexibility index (Phi) is 31.7. The van der Waals surface area contributed by atoms with Gasteiger partial charge in [-0.2, -0.15) is 0 Å². The largest absolute Gasteiger partial charge is 0.392 e. The van der Waals surface area contributed by atoms with Gasteiger partial charge in [0.1, 0.15) is 0 Å². The standard InChI is InChI=1S/C45H83NO3/c1-5-7-9-11-13-15-17-19-21-23-25-27-29-31-33-35-38-45(48-4,49-44-37-40-46(3)42-43(47)41-44)39-36-34-32-30-28-26-24-22-20-18-16-14-12-10-8-6-2/h13-16,19-22,43-44,47H,5-12,17-18,23-42H2,1-4H3/b15-13-,16-14-,21-19-,22-20-/t43-,44+/m0/s1. The number of nitrogens with zero attached hydrogens (tertiary/aromatic N) is 1. The Bertz CT molecular complexity index is 770. The fraction of sp³-hybridized carbons (Fsp3) is 0.822. The predicted molar refractivity (Wildman–Crippen MR) is 215 cm³/mol. The molecule has 1 N–H and O–H groups in total. The van der Waals surface area contributed by atoms with Gasteiger partial charge in [0.2, 0.25) is 0 Å². The third-order valence-electron chi connectivity index (χ3n) is 10.2.